The fraction of sp³-hybridized carbons (Fsp3) is 0.474. The number of carbonyl (C=O) groups excluding carboxylic acids is 1. The number of carbonyl (C=O) groups is 1. The van der Waals surface area contributed by atoms with Crippen molar-refractivity contribution in [2.45, 2.75) is 59.0 Å². The first-order chi connectivity index (χ1) is 11.8. The van der Waals surface area contributed by atoms with E-state index in [0.717, 1.165) is 29.6 Å². The summed E-state index contributed by atoms with van der Waals surface area (Å²) in [7, 11) is 0. The third kappa shape index (κ3) is 4.75. The van der Waals surface area contributed by atoms with E-state index in [2.05, 4.69) is 39.2 Å². The number of nitrogens with zero attached hydrogens (tertiary/aromatic N) is 3. The zero-order chi connectivity index (χ0) is 18.6. The van der Waals surface area contributed by atoms with E-state index in [1.807, 2.05) is 27.7 Å². The lowest BCUT2D eigenvalue weighted by Crippen LogP contribution is -2.31. The number of hydrogen-bond donors (Lipinski definition) is 2. The number of allylic oxidation sites excluding steroid dienone is 1. The van der Waals surface area contributed by atoms with E-state index in [-0.39, 0.29) is 17.5 Å². The highest BCUT2D eigenvalue weighted by atomic mass is 16.1. The van der Waals surface area contributed by atoms with Crippen LogP contribution in [0, 0.1) is 0 Å². The van der Waals surface area contributed by atoms with Crippen molar-refractivity contribution >= 4 is 12.6 Å². The molecule has 1 amide bonds. The fourth-order valence-corrected chi connectivity index (χ4v) is 2.63. The average Bonchev–Trinajstić information content (AvgIpc) is 3.30. The Hall–Kier alpha value is -2.50. The summed E-state index contributed by atoms with van der Waals surface area (Å²) >= 11 is 0. The molecule has 0 aromatic carbocycles. The largest absolute Gasteiger partial charge is 0.365 e. The smallest absolute Gasteiger partial charge is 0.252 e. The van der Waals surface area contributed by atoms with E-state index in [0.29, 0.717) is 11.4 Å². The summed E-state index contributed by atoms with van der Waals surface area (Å²) < 4.78 is 0. The Morgan fingerprint density at radius 1 is 1.28 bits per heavy atom. The Bertz CT molecular complexity index is 713. The number of rotatable bonds is 7. The summed E-state index contributed by atoms with van der Waals surface area (Å²) in [5.74, 6) is 0.528. The summed E-state index contributed by atoms with van der Waals surface area (Å²) in [5.41, 5.74) is 3.28. The van der Waals surface area contributed by atoms with Gasteiger partial charge in [-0.25, -0.2) is 15.0 Å². The van der Waals surface area contributed by atoms with Crippen molar-refractivity contribution in [2.75, 3.05) is 0 Å². The topological polar surface area (TPSA) is 79.3 Å². The van der Waals surface area contributed by atoms with Crippen molar-refractivity contribution in [1.29, 1.82) is 0 Å². The Labute approximate surface area is 149 Å². The second kappa shape index (κ2) is 7.59. The van der Waals surface area contributed by atoms with E-state index in [4.69, 9.17) is 0 Å². The van der Waals surface area contributed by atoms with Crippen LogP contribution in [-0.2, 0) is 4.79 Å². The fourth-order valence-electron chi connectivity index (χ4n) is 2.63. The van der Waals surface area contributed by atoms with Gasteiger partial charge in [0.15, 0.2) is 0 Å². The lowest BCUT2D eigenvalue weighted by atomic mass is 10.0. The van der Waals surface area contributed by atoms with Crippen LogP contribution in [0.15, 0.2) is 46.3 Å². The molecule has 1 aromatic heterocycles. The lowest BCUT2D eigenvalue weighted by Gasteiger charge is -2.20. The molecule has 1 fully saturated rings. The van der Waals surface area contributed by atoms with Crippen LogP contribution >= 0.6 is 0 Å². The molecule has 1 saturated carbocycles. The van der Waals surface area contributed by atoms with Crippen LogP contribution in [0.1, 0.15) is 59.1 Å². The standard InChI is InChI=1S/C19H27N5O/c1-12(2)16(13(3)17(20-6)24-19(5)7-8-19)18(25)23-14(4)15-9-21-11-22-10-15/h9-11,14,24H,6-8H2,1-5H3,(H,23,25)/b17-13-. The maximum atomic E-state index is 12.9. The normalized spacial score (nSPS) is 17.0. The van der Waals surface area contributed by atoms with Crippen LogP contribution in [0.5, 0.6) is 0 Å². The van der Waals surface area contributed by atoms with E-state index >= 15 is 0 Å². The first-order valence-corrected chi connectivity index (χ1v) is 8.47. The van der Waals surface area contributed by atoms with Crippen molar-refractivity contribution in [2.24, 2.45) is 4.99 Å². The van der Waals surface area contributed by atoms with Gasteiger partial charge in [-0.2, -0.15) is 0 Å². The van der Waals surface area contributed by atoms with Gasteiger partial charge in [-0.1, -0.05) is 5.57 Å². The van der Waals surface area contributed by atoms with Crippen LogP contribution in [-0.4, -0.2) is 28.1 Å². The van der Waals surface area contributed by atoms with Crippen molar-refractivity contribution < 1.29 is 4.79 Å². The Kier molecular flexibility index (Phi) is 5.72. The van der Waals surface area contributed by atoms with Gasteiger partial charge in [0, 0.05) is 34.6 Å². The number of aliphatic imine (C=N–C) groups is 1. The Morgan fingerprint density at radius 2 is 1.88 bits per heavy atom. The van der Waals surface area contributed by atoms with Crippen LogP contribution in [0.3, 0.4) is 0 Å². The molecule has 1 aliphatic carbocycles. The molecular weight excluding hydrogens is 314 g/mol. The highest BCUT2D eigenvalue weighted by Gasteiger charge is 2.38. The van der Waals surface area contributed by atoms with Crippen LogP contribution in [0.2, 0.25) is 0 Å². The summed E-state index contributed by atoms with van der Waals surface area (Å²) in [6.45, 7) is 13.5. The maximum Gasteiger partial charge on any atom is 0.252 e. The minimum atomic E-state index is -0.190. The summed E-state index contributed by atoms with van der Waals surface area (Å²) in [4.78, 5) is 25.0. The molecule has 0 radical (unpaired) electrons. The average molecular weight is 341 g/mol. The number of hydrogen-bond acceptors (Lipinski definition) is 5. The third-order valence-corrected chi connectivity index (χ3v) is 4.46. The zero-order valence-electron chi connectivity index (χ0n) is 15.7. The van der Waals surface area contributed by atoms with E-state index in [1.165, 1.54) is 6.33 Å². The number of amides is 1. The van der Waals surface area contributed by atoms with Gasteiger partial charge in [0.25, 0.3) is 5.91 Å². The molecule has 0 spiro atoms. The molecule has 2 rings (SSSR count). The Morgan fingerprint density at radius 3 is 2.36 bits per heavy atom. The minimum Gasteiger partial charge on any atom is -0.365 e. The van der Waals surface area contributed by atoms with E-state index < -0.39 is 0 Å². The molecule has 25 heavy (non-hydrogen) atoms. The highest BCUT2D eigenvalue weighted by Crippen LogP contribution is 2.36. The predicted molar refractivity (Wildman–Crippen MR) is 100.0 cm³/mol. The monoisotopic (exact) mass is 341 g/mol. The molecular formula is C19H27N5O. The van der Waals surface area contributed by atoms with Crippen molar-refractivity contribution in [1.82, 2.24) is 20.6 Å². The van der Waals surface area contributed by atoms with Gasteiger partial charge in [-0.05, 0) is 54.2 Å². The number of nitrogens with one attached hydrogen (secondary N) is 2. The lowest BCUT2D eigenvalue weighted by molar-refractivity contribution is -0.117. The van der Waals surface area contributed by atoms with Gasteiger partial charge in [0.05, 0.1) is 6.04 Å². The molecule has 1 atom stereocenters. The molecule has 2 N–H and O–H groups in total. The molecule has 1 heterocycles. The SMILES string of the molecule is C=N/C(NC1(C)CC1)=C(\C)C(C(=O)NC(C)c1cncnc1)=C(C)C. The molecule has 0 aliphatic heterocycles. The second-order valence-electron chi connectivity index (χ2n) is 7.06. The molecule has 0 saturated heterocycles. The van der Waals surface area contributed by atoms with Crippen molar-refractivity contribution in [3.05, 3.63) is 46.8 Å². The summed E-state index contributed by atoms with van der Waals surface area (Å²) in [6.07, 6.45) is 7.07. The predicted octanol–water partition coefficient (Wildman–Crippen LogP) is 3.06. The molecule has 1 aromatic rings. The van der Waals surface area contributed by atoms with E-state index in [9.17, 15) is 4.79 Å². The molecule has 0 bridgehead atoms. The molecule has 6 heteroatoms. The molecule has 1 aliphatic rings. The second-order valence-corrected chi connectivity index (χ2v) is 7.06. The van der Waals surface area contributed by atoms with Gasteiger partial charge < -0.3 is 10.6 Å². The molecule has 1 unspecified atom stereocenters. The first kappa shape index (κ1) is 18.8. The summed E-state index contributed by atoms with van der Waals surface area (Å²) in [5, 5.41) is 6.42. The van der Waals surface area contributed by atoms with Crippen molar-refractivity contribution in [3.63, 3.8) is 0 Å². The summed E-state index contributed by atoms with van der Waals surface area (Å²) in [6, 6.07) is -0.190. The number of aromatic nitrogens is 2. The first-order valence-electron chi connectivity index (χ1n) is 8.47. The van der Waals surface area contributed by atoms with Gasteiger partial charge >= 0.3 is 0 Å². The van der Waals surface area contributed by atoms with Gasteiger partial charge in [0.1, 0.15) is 12.1 Å². The zero-order valence-corrected chi connectivity index (χ0v) is 15.7. The van der Waals surface area contributed by atoms with Crippen molar-refractivity contribution in [3.8, 4) is 0 Å². The van der Waals surface area contributed by atoms with Gasteiger partial charge in [-0.3, -0.25) is 4.79 Å². The Balaban J connectivity index is 2.23. The highest BCUT2D eigenvalue weighted by molar-refractivity contribution is 5.98. The third-order valence-electron chi connectivity index (χ3n) is 4.46. The quantitative estimate of drug-likeness (QED) is 0.454. The van der Waals surface area contributed by atoms with Crippen LogP contribution in [0.4, 0.5) is 0 Å². The van der Waals surface area contributed by atoms with Crippen LogP contribution in [0.25, 0.3) is 0 Å². The van der Waals surface area contributed by atoms with E-state index in [1.54, 1.807) is 12.4 Å². The molecule has 6 nitrogen and oxygen atoms in total. The minimum absolute atomic E-state index is 0.0652. The molecule has 134 valence electrons. The van der Waals surface area contributed by atoms with Crippen LogP contribution < -0.4 is 10.6 Å². The van der Waals surface area contributed by atoms with Gasteiger partial charge in [-0.15, -0.1) is 0 Å². The maximum absolute atomic E-state index is 12.9. The van der Waals surface area contributed by atoms with Gasteiger partial charge in [0.2, 0.25) is 0 Å².